The molecule has 3 atom stereocenters. The molecule has 0 radical (unpaired) electrons. The predicted octanol–water partition coefficient (Wildman–Crippen LogP) is 2.50. The van der Waals surface area contributed by atoms with Gasteiger partial charge < -0.3 is 25.3 Å². The van der Waals surface area contributed by atoms with Crippen LogP contribution >= 0.6 is 0 Å². The number of aliphatic imine (C=N–C) groups is 1. The summed E-state index contributed by atoms with van der Waals surface area (Å²) >= 11 is 0. The molecule has 3 aliphatic rings. The number of nitrogens with zero attached hydrogens (tertiary/aromatic N) is 3. The molecule has 2 aliphatic heterocycles. The van der Waals surface area contributed by atoms with Crippen molar-refractivity contribution in [1.29, 1.82) is 10.5 Å². The van der Waals surface area contributed by atoms with Crippen LogP contribution in [0, 0.1) is 33.5 Å². The second-order valence-corrected chi connectivity index (χ2v) is 7.78. The smallest absolute Gasteiger partial charge is 0.296 e. The van der Waals surface area contributed by atoms with Crippen LogP contribution in [0.25, 0.3) is 0 Å². The number of methoxy groups -OCH3 is 3. The quantitative estimate of drug-likeness (QED) is 0.734. The summed E-state index contributed by atoms with van der Waals surface area (Å²) in [6, 6.07) is 11.6. The largest absolute Gasteiger partial charge is 0.497 e. The summed E-state index contributed by atoms with van der Waals surface area (Å²) < 4.78 is 16.7. The number of nitrogens with one attached hydrogen (secondary N) is 1. The molecular formula is C22H25N5O3. The molecule has 0 unspecified atom stereocenters. The van der Waals surface area contributed by atoms with Crippen LogP contribution in [-0.2, 0) is 9.47 Å². The zero-order chi connectivity index (χ0) is 21.6. The van der Waals surface area contributed by atoms with Gasteiger partial charge in [-0.2, -0.15) is 10.5 Å². The summed E-state index contributed by atoms with van der Waals surface area (Å²) in [4.78, 5) is 4.49. The topological polar surface area (TPSA) is 126 Å². The highest BCUT2D eigenvalue weighted by Gasteiger charge is 2.79. The van der Waals surface area contributed by atoms with E-state index in [0.717, 1.165) is 36.1 Å². The van der Waals surface area contributed by atoms with Gasteiger partial charge in [-0.05, 0) is 49.0 Å². The van der Waals surface area contributed by atoms with Crippen molar-refractivity contribution in [3.63, 3.8) is 0 Å². The number of hydrogen-bond donors (Lipinski definition) is 2. The lowest BCUT2D eigenvalue weighted by molar-refractivity contribution is -0.254. The van der Waals surface area contributed by atoms with Crippen molar-refractivity contribution in [2.75, 3.05) is 21.3 Å². The molecule has 3 N–H and O–H groups in total. The first-order valence-electron chi connectivity index (χ1n) is 9.91. The second-order valence-electron chi connectivity index (χ2n) is 7.78. The Hall–Kier alpha value is -3.07. The molecule has 1 aromatic rings. The highest BCUT2D eigenvalue weighted by Crippen LogP contribution is 2.67. The van der Waals surface area contributed by atoms with Gasteiger partial charge in [0.2, 0.25) is 0 Å². The molecule has 0 saturated heterocycles. The summed E-state index contributed by atoms with van der Waals surface area (Å²) in [7, 11) is 4.46. The van der Waals surface area contributed by atoms with E-state index in [1.165, 1.54) is 14.2 Å². The average molecular weight is 407 g/mol. The third-order valence-corrected chi connectivity index (χ3v) is 6.76. The Kier molecular flexibility index (Phi) is 4.73. The van der Waals surface area contributed by atoms with E-state index in [-0.39, 0.29) is 5.84 Å². The van der Waals surface area contributed by atoms with Crippen LogP contribution < -0.4 is 15.8 Å². The minimum atomic E-state index is -1.70. The van der Waals surface area contributed by atoms with Gasteiger partial charge in [0.1, 0.15) is 11.6 Å². The highest BCUT2D eigenvalue weighted by atomic mass is 16.7. The van der Waals surface area contributed by atoms with Crippen LogP contribution in [0.5, 0.6) is 5.75 Å². The SMILES string of the molecule is COc1ccc([C@@H]2NC3=C(CCCC3)[C@]3(C#N)C(OC)(OC)N=C(N)[C@]23C#N)cc1. The Morgan fingerprint density at radius 2 is 1.73 bits per heavy atom. The number of allylic oxidation sites excluding steroid dienone is 1. The van der Waals surface area contributed by atoms with Crippen LogP contribution in [0.4, 0.5) is 0 Å². The van der Waals surface area contributed by atoms with E-state index in [4.69, 9.17) is 19.9 Å². The molecule has 0 fully saturated rings. The lowest BCUT2D eigenvalue weighted by Crippen LogP contribution is -2.64. The molecule has 1 aromatic carbocycles. The molecule has 2 heterocycles. The number of hydrogen-bond acceptors (Lipinski definition) is 8. The van der Waals surface area contributed by atoms with E-state index in [1.54, 1.807) is 7.11 Å². The van der Waals surface area contributed by atoms with Gasteiger partial charge >= 0.3 is 0 Å². The normalized spacial score (nSPS) is 31.5. The Morgan fingerprint density at radius 3 is 2.30 bits per heavy atom. The van der Waals surface area contributed by atoms with Gasteiger partial charge in [-0.3, -0.25) is 0 Å². The molecular weight excluding hydrogens is 382 g/mol. The predicted molar refractivity (Wildman–Crippen MR) is 109 cm³/mol. The van der Waals surface area contributed by atoms with Gasteiger partial charge in [0.25, 0.3) is 5.91 Å². The number of amidine groups is 1. The van der Waals surface area contributed by atoms with Gasteiger partial charge in [-0.15, -0.1) is 0 Å². The van der Waals surface area contributed by atoms with Crippen LogP contribution in [0.2, 0.25) is 0 Å². The zero-order valence-corrected chi connectivity index (χ0v) is 17.4. The Bertz CT molecular complexity index is 999. The summed E-state index contributed by atoms with van der Waals surface area (Å²) in [5, 5.41) is 24.8. The molecule has 30 heavy (non-hydrogen) atoms. The van der Waals surface area contributed by atoms with Crippen molar-refractivity contribution in [3.05, 3.63) is 41.1 Å². The molecule has 0 amide bonds. The summed E-state index contributed by atoms with van der Waals surface area (Å²) in [5.74, 6) is -0.978. The molecule has 8 nitrogen and oxygen atoms in total. The second kappa shape index (κ2) is 7.02. The van der Waals surface area contributed by atoms with Gasteiger partial charge in [0.15, 0.2) is 10.8 Å². The fraction of sp³-hybridized carbons (Fsp3) is 0.500. The van der Waals surface area contributed by atoms with Gasteiger partial charge in [-0.25, -0.2) is 4.99 Å². The first kappa shape index (κ1) is 20.2. The molecule has 0 aromatic heterocycles. The fourth-order valence-electron chi connectivity index (χ4n) is 5.37. The Morgan fingerprint density at radius 1 is 1.07 bits per heavy atom. The lowest BCUT2D eigenvalue weighted by atomic mass is 9.52. The van der Waals surface area contributed by atoms with Crippen molar-refractivity contribution in [2.45, 2.75) is 37.6 Å². The molecule has 4 rings (SSSR count). The standard InChI is InChI=1S/C22H25N5O3/c1-28-15-10-8-14(9-11-15)18-20(12-23)19(25)27-22(29-2,30-3)21(20,13-24)16-6-4-5-7-17(16)26-18/h8-11,18,26H,4-7H2,1-3H3,(H2,25,27)/t18-,20-,21-/m0/s1. The highest BCUT2D eigenvalue weighted by molar-refractivity contribution is 5.96. The molecule has 156 valence electrons. The van der Waals surface area contributed by atoms with Crippen molar-refractivity contribution in [3.8, 4) is 17.9 Å². The third-order valence-electron chi connectivity index (χ3n) is 6.76. The average Bonchev–Trinajstić information content (AvgIpc) is 3.04. The first-order valence-corrected chi connectivity index (χ1v) is 9.91. The summed E-state index contributed by atoms with van der Waals surface area (Å²) in [5.41, 5.74) is 5.97. The Balaban J connectivity index is 2.05. The number of nitrogens with two attached hydrogens (primary N) is 1. The number of rotatable bonds is 4. The van der Waals surface area contributed by atoms with E-state index in [0.29, 0.717) is 12.2 Å². The van der Waals surface area contributed by atoms with Crippen molar-refractivity contribution < 1.29 is 14.2 Å². The van der Waals surface area contributed by atoms with E-state index in [2.05, 4.69) is 22.4 Å². The van der Waals surface area contributed by atoms with Crippen LogP contribution in [0.1, 0.15) is 37.3 Å². The first-order chi connectivity index (χ1) is 14.5. The van der Waals surface area contributed by atoms with E-state index < -0.39 is 22.8 Å². The molecule has 8 heteroatoms. The fourth-order valence-corrected chi connectivity index (χ4v) is 5.37. The number of benzene rings is 1. The maximum atomic E-state index is 10.7. The minimum Gasteiger partial charge on any atom is -0.497 e. The van der Waals surface area contributed by atoms with Crippen molar-refractivity contribution >= 4 is 5.84 Å². The number of nitriles is 2. The molecule has 0 saturated carbocycles. The van der Waals surface area contributed by atoms with Gasteiger partial charge in [0, 0.05) is 19.9 Å². The summed E-state index contributed by atoms with van der Waals surface area (Å²) in [6.45, 7) is 0. The van der Waals surface area contributed by atoms with Gasteiger partial charge in [0.05, 0.1) is 25.3 Å². The maximum absolute atomic E-state index is 10.7. The van der Waals surface area contributed by atoms with Crippen LogP contribution in [0.15, 0.2) is 40.5 Å². The van der Waals surface area contributed by atoms with Crippen LogP contribution in [-0.4, -0.2) is 33.1 Å². The molecule has 1 aliphatic carbocycles. The number of fused-ring (bicyclic) bond motifs is 2. The Labute approximate surface area is 175 Å². The van der Waals surface area contributed by atoms with Crippen LogP contribution in [0.3, 0.4) is 0 Å². The van der Waals surface area contributed by atoms with Gasteiger partial charge in [-0.1, -0.05) is 12.1 Å². The lowest BCUT2D eigenvalue weighted by Gasteiger charge is -2.53. The molecule has 0 bridgehead atoms. The van der Waals surface area contributed by atoms with Crippen molar-refractivity contribution in [2.24, 2.45) is 21.6 Å². The minimum absolute atomic E-state index is 0.0284. The van der Waals surface area contributed by atoms with E-state index >= 15 is 0 Å². The third kappa shape index (κ3) is 2.18. The number of ether oxygens (including phenoxy) is 3. The zero-order valence-electron chi connectivity index (χ0n) is 17.4. The monoisotopic (exact) mass is 407 g/mol. The molecule has 0 spiro atoms. The van der Waals surface area contributed by atoms with E-state index in [1.807, 2.05) is 24.3 Å². The van der Waals surface area contributed by atoms with Crippen molar-refractivity contribution in [1.82, 2.24) is 5.32 Å². The maximum Gasteiger partial charge on any atom is 0.296 e. The van der Waals surface area contributed by atoms with E-state index in [9.17, 15) is 10.5 Å². The summed E-state index contributed by atoms with van der Waals surface area (Å²) in [6.07, 6.45) is 3.32.